The van der Waals surface area contributed by atoms with E-state index >= 15 is 0 Å². The number of hydrazine groups is 1. The SMILES string of the molecule is CC(C)OC(=O)OC(C)O/N=[N+](\[O-])N(C)CCCCCO. The van der Waals surface area contributed by atoms with E-state index in [1.807, 2.05) is 0 Å². The van der Waals surface area contributed by atoms with Crippen molar-refractivity contribution in [2.24, 2.45) is 5.28 Å². The van der Waals surface area contributed by atoms with E-state index in [1.165, 1.54) is 11.9 Å². The second-order valence-electron chi connectivity index (χ2n) is 4.71. The molecule has 9 nitrogen and oxygen atoms in total. The molecule has 9 heteroatoms. The fourth-order valence-electron chi connectivity index (χ4n) is 1.26. The van der Waals surface area contributed by atoms with Gasteiger partial charge in [-0.05, 0) is 33.1 Å². The average Bonchev–Trinajstić information content (AvgIpc) is 2.39. The number of hydrogen-bond acceptors (Lipinski definition) is 7. The molecule has 124 valence electrons. The third-order valence-electron chi connectivity index (χ3n) is 2.29. The summed E-state index contributed by atoms with van der Waals surface area (Å²) in [6, 6.07) is 0. The van der Waals surface area contributed by atoms with Crippen LogP contribution in [0.25, 0.3) is 0 Å². The summed E-state index contributed by atoms with van der Waals surface area (Å²) in [5.41, 5.74) is 0. The Hall–Kier alpha value is -1.77. The summed E-state index contributed by atoms with van der Waals surface area (Å²) in [7, 11) is 1.55. The normalized spacial score (nSPS) is 13.0. The summed E-state index contributed by atoms with van der Waals surface area (Å²) < 4.78 is 9.46. The van der Waals surface area contributed by atoms with Gasteiger partial charge >= 0.3 is 6.16 Å². The van der Waals surface area contributed by atoms with E-state index in [2.05, 4.69) is 5.28 Å². The summed E-state index contributed by atoms with van der Waals surface area (Å²) >= 11 is 0. The highest BCUT2D eigenvalue weighted by atomic mass is 16.8. The number of carbonyl (C=O) groups is 1. The van der Waals surface area contributed by atoms with Crippen molar-refractivity contribution in [1.29, 1.82) is 0 Å². The summed E-state index contributed by atoms with van der Waals surface area (Å²) in [5, 5.41) is 24.7. The van der Waals surface area contributed by atoms with E-state index < -0.39 is 12.4 Å². The largest absolute Gasteiger partial charge is 0.569 e. The van der Waals surface area contributed by atoms with Crippen molar-refractivity contribution < 1.29 is 29.2 Å². The van der Waals surface area contributed by atoms with Crippen LogP contribution in [0.2, 0.25) is 0 Å². The van der Waals surface area contributed by atoms with Gasteiger partial charge in [-0.15, -0.1) is 5.01 Å². The first-order valence-electron chi connectivity index (χ1n) is 6.90. The summed E-state index contributed by atoms with van der Waals surface area (Å²) in [4.78, 5) is 16.2. The molecule has 0 heterocycles. The molecule has 0 spiro atoms. The molecule has 0 radical (unpaired) electrons. The zero-order chi connectivity index (χ0) is 16.3. The lowest BCUT2D eigenvalue weighted by molar-refractivity contribution is -0.707. The summed E-state index contributed by atoms with van der Waals surface area (Å²) in [6.45, 7) is 5.39. The molecule has 1 N–H and O–H groups in total. The summed E-state index contributed by atoms with van der Waals surface area (Å²) in [6.07, 6.45) is 0.0397. The van der Waals surface area contributed by atoms with Crippen molar-refractivity contribution in [3.8, 4) is 0 Å². The Kier molecular flexibility index (Phi) is 10.0. The number of nitrogens with zero attached hydrogens (tertiary/aromatic N) is 3. The molecule has 0 fully saturated rings. The molecule has 0 aliphatic heterocycles. The molecular weight excluding hydrogens is 282 g/mol. The van der Waals surface area contributed by atoms with Gasteiger partial charge in [-0.1, -0.05) is 0 Å². The molecular formula is C12H25N3O6. The second-order valence-corrected chi connectivity index (χ2v) is 4.71. The zero-order valence-corrected chi connectivity index (χ0v) is 13.0. The Morgan fingerprint density at radius 3 is 2.52 bits per heavy atom. The Balaban J connectivity index is 4.00. The van der Waals surface area contributed by atoms with Gasteiger partial charge in [0.25, 0.3) is 6.29 Å². The Labute approximate surface area is 124 Å². The minimum absolute atomic E-state index is 0.139. The number of carbonyl (C=O) groups excluding carboxylic acids is 1. The minimum atomic E-state index is -1.03. The first kappa shape index (κ1) is 19.2. The van der Waals surface area contributed by atoms with Gasteiger partial charge < -0.3 is 19.8 Å². The molecule has 0 aliphatic carbocycles. The lowest BCUT2D eigenvalue weighted by Crippen LogP contribution is -2.28. The van der Waals surface area contributed by atoms with Gasteiger partial charge in [0, 0.05) is 13.5 Å². The van der Waals surface area contributed by atoms with Gasteiger partial charge in [-0.2, -0.15) is 0 Å². The van der Waals surface area contributed by atoms with Gasteiger partial charge in [0.15, 0.2) is 0 Å². The molecule has 21 heavy (non-hydrogen) atoms. The van der Waals surface area contributed by atoms with Crippen molar-refractivity contribution in [2.45, 2.75) is 52.4 Å². The number of unbranched alkanes of at least 4 members (excludes halogenated alkanes) is 2. The van der Waals surface area contributed by atoms with Crippen LogP contribution in [-0.2, 0) is 14.3 Å². The maximum atomic E-state index is 11.5. The number of aliphatic hydroxyl groups excluding tert-OH is 1. The zero-order valence-electron chi connectivity index (χ0n) is 13.0. The van der Waals surface area contributed by atoms with Crippen molar-refractivity contribution in [1.82, 2.24) is 5.01 Å². The van der Waals surface area contributed by atoms with Crippen LogP contribution in [0.1, 0.15) is 40.0 Å². The highest BCUT2D eigenvalue weighted by molar-refractivity contribution is 5.60. The maximum absolute atomic E-state index is 11.5. The number of aliphatic hydroxyl groups is 1. The van der Waals surface area contributed by atoms with Crippen molar-refractivity contribution in [3.05, 3.63) is 5.21 Å². The molecule has 0 aromatic carbocycles. The molecule has 1 atom stereocenters. The molecule has 0 saturated carbocycles. The van der Waals surface area contributed by atoms with E-state index in [1.54, 1.807) is 20.9 Å². The lowest BCUT2D eigenvalue weighted by Gasteiger charge is -2.14. The first-order chi connectivity index (χ1) is 9.86. The molecule has 0 amide bonds. The maximum Gasteiger partial charge on any atom is 0.511 e. The topological polar surface area (TPSA) is 107 Å². The predicted octanol–water partition coefficient (Wildman–Crippen LogP) is 1.80. The van der Waals surface area contributed by atoms with Crippen LogP contribution < -0.4 is 0 Å². The van der Waals surface area contributed by atoms with Crippen molar-refractivity contribution in [2.75, 3.05) is 20.2 Å². The lowest BCUT2D eigenvalue weighted by atomic mass is 10.2. The highest BCUT2D eigenvalue weighted by Crippen LogP contribution is 2.02. The third kappa shape index (κ3) is 10.7. The molecule has 1 unspecified atom stereocenters. The van der Waals surface area contributed by atoms with Gasteiger partial charge in [-0.25, -0.2) is 4.79 Å². The van der Waals surface area contributed by atoms with Gasteiger partial charge in [0.1, 0.15) is 0 Å². The predicted molar refractivity (Wildman–Crippen MR) is 72.9 cm³/mol. The molecule has 0 saturated heterocycles. The van der Waals surface area contributed by atoms with Crippen LogP contribution in [-0.4, -0.2) is 53.8 Å². The van der Waals surface area contributed by atoms with Crippen LogP contribution in [0.5, 0.6) is 0 Å². The monoisotopic (exact) mass is 307 g/mol. The minimum Gasteiger partial charge on any atom is -0.569 e. The van der Waals surface area contributed by atoms with Gasteiger partial charge in [-0.3, -0.25) is 4.84 Å². The molecule has 0 bridgehead atoms. The average molecular weight is 307 g/mol. The first-order valence-corrected chi connectivity index (χ1v) is 6.90. The van der Waals surface area contributed by atoms with E-state index in [0.717, 1.165) is 12.8 Å². The fraction of sp³-hybridized carbons (Fsp3) is 0.917. The van der Waals surface area contributed by atoms with E-state index in [9.17, 15) is 10.0 Å². The van der Waals surface area contributed by atoms with E-state index in [0.29, 0.717) is 13.0 Å². The highest BCUT2D eigenvalue weighted by Gasteiger charge is 2.15. The molecule has 0 aromatic rings. The Morgan fingerprint density at radius 1 is 1.29 bits per heavy atom. The standard InChI is InChI=1S/C12H25N3O6/c1-10(2)19-12(17)20-11(3)21-13-15(18)14(4)8-6-5-7-9-16/h10-11,16H,5-9H2,1-4H3/b15-13-. The molecule has 0 aliphatic rings. The quantitative estimate of drug-likeness (QED) is 0.164. The second kappa shape index (κ2) is 11.0. The van der Waals surface area contributed by atoms with Crippen molar-refractivity contribution in [3.63, 3.8) is 0 Å². The van der Waals surface area contributed by atoms with E-state index in [-0.39, 0.29) is 17.7 Å². The third-order valence-corrected chi connectivity index (χ3v) is 2.29. The smallest absolute Gasteiger partial charge is 0.511 e. The Bertz CT molecular complexity index is 324. The molecule has 0 aromatic heterocycles. The number of rotatable bonds is 10. The fourth-order valence-corrected chi connectivity index (χ4v) is 1.26. The van der Waals surface area contributed by atoms with Crippen LogP contribution >= 0.6 is 0 Å². The van der Waals surface area contributed by atoms with Crippen molar-refractivity contribution >= 4 is 6.16 Å². The number of hydrogen-bond donors (Lipinski definition) is 1. The van der Waals surface area contributed by atoms with Gasteiger partial charge in [0.05, 0.1) is 24.7 Å². The van der Waals surface area contributed by atoms with Gasteiger partial charge in [0.2, 0.25) is 5.28 Å². The van der Waals surface area contributed by atoms with E-state index in [4.69, 9.17) is 19.4 Å². The van der Waals surface area contributed by atoms with Crippen LogP contribution in [0, 0.1) is 5.21 Å². The number of ether oxygens (including phenoxy) is 2. The molecule has 0 rings (SSSR count). The summed E-state index contributed by atoms with van der Waals surface area (Å²) in [5.74, 6) is 0. The Morgan fingerprint density at radius 2 is 1.95 bits per heavy atom. The van der Waals surface area contributed by atoms with Crippen LogP contribution in [0.3, 0.4) is 0 Å². The van der Waals surface area contributed by atoms with Crippen LogP contribution in [0.4, 0.5) is 4.79 Å². The van der Waals surface area contributed by atoms with Crippen LogP contribution in [0.15, 0.2) is 5.28 Å².